The van der Waals surface area contributed by atoms with Crippen LogP contribution in [-0.2, 0) is 10.1 Å². The monoisotopic (exact) mass is 385 g/mol. The van der Waals surface area contributed by atoms with Crippen LogP contribution in [0.5, 0.6) is 5.75 Å². The number of hydrogen-bond acceptors (Lipinski definition) is 4. The number of phenolic OH excluding ortho intramolecular Hbond substituents is 1. The number of benzene rings is 1. The van der Waals surface area contributed by atoms with Crippen molar-refractivity contribution < 1.29 is 18.1 Å². The van der Waals surface area contributed by atoms with Crippen molar-refractivity contribution in [3.63, 3.8) is 0 Å². The summed E-state index contributed by atoms with van der Waals surface area (Å²) < 4.78 is 31.8. The highest BCUT2D eigenvalue weighted by atomic mass is 127. The molecule has 2 N–H and O–H groups in total. The lowest BCUT2D eigenvalue weighted by atomic mass is 10.2. The number of halogens is 2. The van der Waals surface area contributed by atoms with Gasteiger partial charge in [-0.3, -0.25) is 4.55 Å². The Kier molecular flexibility index (Phi) is 3.19. The fraction of sp³-hybridized carbons (Fsp3) is 0. The molecule has 8 heteroatoms. The van der Waals surface area contributed by atoms with Crippen molar-refractivity contribution in [2.75, 3.05) is 0 Å². The van der Waals surface area contributed by atoms with E-state index in [1.807, 2.05) is 0 Å². The van der Waals surface area contributed by atoms with E-state index in [2.05, 4.69) is 4.98 Å². The summed E-state index contributed by atoms with van der Waals surface area (Å²) in [7, 11) is -4.38. The van der Waals surface area contributed by atoms with Crippen LogP contribution in [0.2, 0.25) is 5.15 Å². The third-order valence-electron chi connectivity index (χ3n) is 2.11. The van der Waals surface area contributed by atoms with Crippen molar-refractivity contribution >= 4 is 55.2 Å². The van der Waals surface area contributed by atoms with Gasteiger partial charge >= 0.3 is 0 Å². The van der Waals surface area contributed by atoms with Crippen LogP contribution in [0, 0.1) is 3.57 Å². The normalized spacial score (nSPS) is 11.9. The van der Waals surface area contributed by atoms with E-state index >= 15 is 0 Å². The largest absolute Gasteiger partial charge is 0.505 e. The van der Waals surface area contributed by atoms with Crippen molar-refractivity contribution in [1.82, 2.24) is 4.98 Å². The molecule has 0 aliphatic carbocycles. The second-order valence-corrected chi connectivity index (χ2v) is 6.15. The third kappa shape index (κ3) is 2.32. The van der Waals surface area contributed by atoms with Crippen molar-refractivity contribution in [2.24, 2.45) is 0 Å². The van der Waals surface area contributed by atoms with Crippen LogP contribution in [0.25, 0.3) is 10.9 Å². The zero-order chi connectivity index (χ0) is 12.8. The lowest BCUT2D eigenvalue weighted by Gasteiger charge is -2.07. The number of pyridine rings is 1. The zero-order valence-electron chi connectivity index (χ0n) is 8.05. The molecule has 0 aliphatic heterocycles. The van der Waals surface area contributed by atoms with Gasteiger partial charge in [-0.15, -0.1) is 0 Å². The van der Waals surface area contributed by atoms with Gasteiger partial charge in [0.05, 0.1) is 3.57 Å². The third-order valence-corrected chi connectivity index (χ3v) is 4.04. The summed E-state index contributed by atoms with van der Waals surface area (Å²) in [5.41, 5.74) is 0.0389. The molecule has 0 bridgehead atoms. The molecule has 2 rings (SSSR count). The highest BCUT2D eigenvalue weighted by Gasteiger charge is 2.19. The van der Waals surface area contributed by atoms with E-state index in [9.17, 15) is 13.5 Å². The minimum absolute atomic E-state index is 0.0389. The molecule has 1 heterocycles. The maximum absolute atomic E-state index is 11.2. The van der Waals surface area contributed by atoms with Crippen LogP contribution in [0.3, 0.4) is 0 Å². The van der Waals surface area contributed by atoms with Crippen LogP contribution < -0.4 is 0 Å². The van der Waals surface area contributed by atoms with Gasteiger partial charge in [0.1, 0.15) is 15.6 Å². The van der Waals surface area contributed by atoms with E-state index < -0.39 is 10.1 Å². The zero-order valence-corrected chi connectivity index (χ0v) is 11.8. The minimum atomic E-state index is -4.38. The van der Waals surface area contributed by atoms with E-state index in [1.165, 1.54) is 18.2 Å². The number of aromatic hydroxyl groups is 1. The molecule has 0 saturated carbocycles. The van der Waals surface area contributed by atoms with Gasteiger partial charge in [-0.2, -0.15) is 8.42 Å². The molecule has 90 valence electrons. The summed E-state index contributed by atoms with van der Waals surface area (Å²) in [6.45, 7) is 0. The lowest BCUT2D eigenvalue weighted by Crippen LogP contribution is -2.01. The van der Waals surface area contributed by atoms with Crippen LogP contribution in [0.1, 0.15) is 0 Å². The number of phenols is 1. The molecular weight excluding hydrogens is 381 g/mol. The Bertz CT molecular complexity index is 716. The van der Waals surface area contributed by atoms with E-state index in [-0.39, 0.29) is 30.3 Å². The number of nitrogens with zero attached hydrogens (tertiary/aromatic N) is 1. The summed E-state index contributed by atoms with van der Waals surface area (Å²) in [6, 6.07) is 3.93. The summed E-state index contributed by atoms with van der Waals surface area (Å²) >= 11 is 7.41. The van der Waals surface area contributed by atoms with Gasteiger partial charge in [-0.25, -0.2) is 4.98 Å². The highest BCUT2D eigenvalue weighted by molar-refractivity contribution is 14.1. The molecule has 1 aromatic carbocycles. The average molecular weight is 386 g/mol. The summed E-state index contributed by atoms with van der Waals surface area (Å²) in [4.78, 5) is 3.54. The molecule has 1 aromatic heterocycles. The summed E-state index contributed by atoms with van der Waals surface area (Å²) in [6.07, 6.45) is 0. The predicted molar refractivity (Wildman–Crippen MR) is 70.9 cm³/mol. The van der Waals surface area contributed by atoms with Crippen molar-refractivity contribution in [3.8, 4) is 5.75 Å². The van der Waals surface area contributed by atoms with Gasteiger partial charge in [0.2, 0.25) is 0 Å². The first-order valence-electron chi connectivity index (χ1n) is 4.26. The van der Waals surface area contributed by atoms with Crippen LogP contribution in [0.15, 0.2) is 23.1 Å². The molecule has 0 aliphatic rings. The Labute approximate surface area is 115 Å². The van der Waals surface area contributed by atoms with Gasteiger partial charge < -0.3 is 5.11 Å². The van der Waals surface area contributed by atoms with Crippen molar-refractivity contribution in [1.29, 1.82) is 0 Å². The number of aromatic nitrogens is 1. The maximum Gasteiger partial charge on any atom is 0.295 e. The smallest absolute Gasteiger partial charge is 0.295 e. The molecule has 2 aromatic rings. The first-order valence-corrected chi connectivity index (χ1v) is 7.15. The highest BCUT2D eigenvalue weighted by Crippen LogP contribution is 2.34. The maximum atomic E-state index is 11.2. The molecule has 0 amide bonds. The molecule has 0 fully saturated rings. The first-order chi connectivity index (χ1) is 7.80. The fourth-order valence-corrected chi connectivity index (χ4v) is 3.04. The Morgan fingerprint density at radius 3 is 2.59 bits per heavy atom. The molecule has 0 saturated heterocycles. The van der Waals surface area contributed by atoms with E-state index in [0.717, 1.165) is 0 Å². The number of hydrogen-bond donors (Lipinski definition) is 2. The molecule has 0 atom stereocenters. The van der Waals surface area contributed by atoms with E-state index in [1.54, 1.807) is 22.6 Å². The second-order valence-electron chi connectivity index (χ2n) is 3.21. The van der Waals surface area contributed by atoms with Crippen LogP contribution in [0.4, 0.5) is 0 Å². The second kappa shape index (κ2) is 4.23. The predicted octanol–water partition coefficient (Wildman–Crippen LogP) is 2.45. The molecule has 0 radical (unpaired) electrons. The van der Waals surface area contributed by atoms with Gasteiger partial charge in [-0.05, 0) is 40.8 Å². The lowest BCUT2D eigenvalue weighted by molar-refractivity contribution is 0.474. The fourth-order valence-electron chi connectivity index (χ4n) is 1.40. The molecule has 0 unspecified atom stereocenters. The molecule has 17 heavy (non-hydrogen) atoms. The Balaban J connectivity index is 3.03. The standard InChI is InChI=1S/C9H5ClINO4S/c10-7-2-1-4-6(17(14,15)16)3-5(11)9(13)8(4)12-7/h1-3,13H,(H,14,15,16). The van der Waals surface area contributed by atoms with Gasteiger partial charge in [0.15, 0.2) is 5.75 Å². The van der Waals surface area contributed by atoms with Crippen molar-refractivity contribution in [3.05, 3.63) is 26.9 Å². The minimum Gasteiger partial charge on any atom is -0.505 e. The number of rotatable bonds is 1. The van der Waals surface area contributed by atoms with Gasteiger partial charge in [-0.1, -0.05) is 11.6 Å². The van der Waals surface area contributed by atoms with E-state index in [0.29, 0.717) is 0 Å². The average Bonchev–Trinajstić information content (AvgIpc) is 2.22. The molecule has 0 spiro atoms. The Morgan fingerprint density at radius 2 is 2.00 bits per heavy atom. The summed E-state index contributed by atoms with van der Waals surface area (Å²) in [5.74, 6) is -0.171. The van der Waals surface area contributed by atoms with Gasteiger partial charge in [0, 0.05) is 5.39 Å². The first kappa shape index (κ1) is 12.8. The Hall–Kier alpha value is -0.640. The van der Waals surface area contributed by atoms with Crippen LogP contribution >= 0.6 is 34.2 Å². The van der Waals surface area contributed by atoms with E-state index in [4.69, 9.17) is 16.2 Å². The van der Waals surface area contributed by atoms with Crippen molar-refractivity contribution in [2.45, 2.75) is 4.90 Å². The van der Waals surface area contributed by atoms with Gasteiger partial charge in [0.25, 0.3) is 10.1 Å². The number of fused-ring (bicyclic) bond motifs is 1. The molecular formula is C9H5ClINO4S. The SMILES string of the molecule is O=S(=O)(O)c1cc(I)c(O)c2nc(Cl)ccc12. The molecule has 5 nitrogen and oxygen atoms in total. The Morgan fingerprint density at radius 1 is 1.35 bits per heavy atom. The topological polar surface area (TPSA) is 87.5 Å². The quantitative estimate of drug-likeness (QED) is 0.447. The van der Waals surface area contributed by atoms with Crippen LogP contribution in [-0.4, -0.2) is 23.1 Å². The summed E-state index contributed by atoms with van der Waals surface area (Å²) in [5, 5.41) is 10.0.